The zero-order valence-electron chi connectivity index (χ0n) is 13.3. The molecule has 0 amide bonds. The Kier molecular flexibility index (Phi) is 3.19. The number of imidazole rings is 1. The lowest BCUT2D eigenvalue weighted by Crippen LogP contribution is -2.12. The highest BCUT2D eigenvalue weighted by Crippen LogP contribution is 2.46. The minimum absolute atomic E-state index is 0. The third kappa shape index (κ3) is 2.39. The summed E-state index contributed by atoms with van der Waals surface area (Å²) in [5.74, 6) is 3.04. The van der Waals surface area contributed by atoms with E-state index in [1.54, 1.807) is 0 Å². The number of rotatable bonds is 2. The fraction of sp³-hybridized carbons (Fsp3) is 0.471. The molecule has 0 radical (unpaired) electrons. The van der Waals surface area contributed by atoms with Gasteiger partial charge in [-0.2, -0.15) is 0 Å². The molecule has 0 saturated heterocycles. The van der Waals surface area contributed by atoms with E-state index < -0.39 is 0 Å². The van der Waals surface area contributed by atoms with Crippen molar-refractivity contribution in [3.05, 3.63) is 29.7 Å². The highest BCUT2D eigenvalue weighted by molar-refractivity contribution is 5.73. The van der Waals surface area contributed by atoms with Gasteiger partial charge in [0.05, 0.1) is 11.9 Å². The molecule has 0 unspecified atom stereocenters. The van der Waals surface area contributed by atoms with Crippen molar-refractivity contribution >= 4 is 0 Å². The molecule has 1 aromatic carbocycles. The third-order valence-electron chi connectivity index (χ3n) is 3.76. The maximum absolute atomic E-state index is 5.72. The maximum Gasteiger partial charge on any atom is 0.231 e. The number of aromatic amines is 1. The summed E-state index contributed by atoms with van der Waals surface area (Å²) < 4.78 is 11.4. The number of nitrogens with zero attached hydrogens (tertiary/aromatic N) is 1. The number of hydrogen-bond acceptors (Lipinski definition) is 3. The Balaban J connectivity index is 0.00000176. The molecule has 0 atom stereocenters. The molecule has 0 bridgehead atoms. The maximum atomic E-state index is 5.72. The first-order valence-electron chi connectivity index (χ1n) is 7.36. The van der Waals surface area contributed by atoms with E-state index in [-0.39, 0.29) is 13.6 Å². The van der Waals surface area contributed by atoms with Crippen molar-refractivity contribution in [2.45, 2.75) is 46.0 Å². The summed E-state index contributed by atoms with van der Waals surface area (Å²) in [6.45, 7) is 11.1. The van der Waals surface area contributed by atoms with Crippen LogP contribution in [0.15, 0.2) is 18.3 Å². The molecule has 1 aromatic heterocycles. The average Bonchev–Trinajstić information content (AvgIpc) is 3.05. The van der Waals surface area contributed by atoms with E-state index in [0.29, 0.717) is 5.92 Å². The summed E-state index contributed by atoms with van der Waals surface area (Å²) in [5.41, 5.74) is 3.17. The number of aromatic nitrogens is 2. The molecule has 0 saturated carbocycles. The SMILES string of the molecule is CC(C)c1ncc(-c2ccc(C(C)(C)C)c3c2OCO3)[nH]1.[HH]. The van der Waals surface area contributed by atoms with Crippen LogP contribution in [0.5, 0.6) is 11.5 Å². The topological polar surface area (TPSA) is 47.1 Å². The second-order valence-electron chi connectivity index (χ2n) is 6.81. The fourth-order valence-electron chi connectivity index (χ4n) is 2.57. The van der Waals surface area contributed by atoms with Gasteiger partial charge in [0, 0.05) is 18.5 Å². The van der Waals surface area contributed by atoms with E-state index >= 15 is 0 Å². The van der Waals surface area contributed by atoms with E-state index in [0.717, 1.165) is 28.6 Å². The van der Waals surface area contributed by atoms with E-state index in [1.807, 2.05) is 6.20 Å². The van der Waals surface area contributed by atoms with Crippen molar-refractivity contribution in [2.75, 3.05) is 6.79 Å². The number of fused-ring (bicyclic) bond motifs is 1. The quantitative estimate of drug-likeness (QED) is 0.886. The Morgan fingerprint density at radius 3 is 2.52 bits per heavy atom. The van der Waals surface area contributed by atoms with Crippen LogP contribution in [0.25, 0.3) is 11.3 Å². The molecule has 3 rings (SSSR count). The molecule has 1 aliphatic rings. The van der Waals surface area contributed by atoms with Gasteiger partial charge in [0.25, 0.3) is 0 Å². The van der Waals surface area contributed by atoms with E-state index in [9.17, 15) is 0 Å². The van der Waals surface area contributed by atoms with Crippen LogP contribution in [0.2, 0.25) is 0 Å². The molecule has 0 fully saturated rings. The van der Waals surface area contributed by atoms with Gasteiger partial charge in [-0.3, -0.25) is 0 Å². The van der Waals surface area contributed by atoms with Gasteiger partial charge in [-0.15, -0.1) is 0 Å². The molecule has 1 N–H and O–H groups in total. The molecule has 21 heavy (non-hydrogen) atoms. The van der Waals surface area contributed by atoms with Gasteiger partial charge in [-0.1, -0.05) is 40.7 Å². The van der Waals surface area contributed by atoms with Gasteiger partial charge in [0.1, 0.15) is 5.82 Å². The lowest BCUT2D eigenvalue weighted by atomic mass is 9.85. The lowest BCUT2D eigenvalue weighted by Gasteiger charge is -2.21. The summed E-state index contributed by atoms with van der Waals surface area (Å²) in [6.07, 6.45) is 1.86. The Bertz CT molecular complexity index is 672. The van der Waals surface area contributed by atoms with Crippen molar-refractivity contribution in [1.29, 1.82) is 0 Å². The van der Waals surface area contributed by atoms with Gasteiger partial charge < -0.3 is 14.5 Å². The molecule has 0 spiro atoms. The van der Waals surface area contributed by atoms with Crippen LogP contribution in [0.3, 0.4) is 0 Å². The normalized spacial score (nSPS) is 14.0. The Morgan fingerprint density at radius 2 is 1.90 bits per heavy atom. The predicted molar refractivity (Wildman–Crippen MR) is 85.0 cm³/mol. The first kappa shape index (κ1) is 14.0. The molecule has 2 aromatic rings. The number of nitrogens with one attached hydrogen (secondary N) is 1. The summed E-state index contributed by atoms with van der Waals surface area (Å²) in [6, 6.07) is 4.21. The van der Waals surface area contributed by atoms with Crippen molar-refractivity contribution in [3.63, 3.8) is 0 Å². The van der Waals surface area contributed by atoms with Crippen molar-refractivity contribution in [2.24, 2.45) is 0 Å². The summed E-state index contributed by atoms with van der Waals surface area (Å²) in [4.78, 5) is 7.81. The third-order valence-corrected chi connectivity index (χ3v) is 3.76. The van der Waals surface area contributed by atoms with Crippen LogP contribution in [0.4, 0.5) is 0 Å². The molecule has 114 valence electrons. The molecule has 1 aliphatic heterocycles. The van der Waals surface area contributed by atoms with Crippen molar-refractivity contribution in [3.8, 4) is 22.8 Å². The largest absolute Gasteiger partial charge is 0.453 e. The number of benzene rings is 1. The van der Waals surface area contributed by atoms with Crippen LogP contribution >= 0.6 is 0 Å². The van der Waals surface area contributed by atoms with Gasteiger partial charge >= 0.3 is 0 Å². The Hall–Kier alpha value is -1.97. The van der Waals surface area contributed by atoms with E-state index in [1.165, 1.54) is 5.56 Å². The van der Waals surface area contributed by atoms with Crippen LogP contribution in [0, 0.1) is 0 Å². The van der Waals surface area contributed by atoms with Gasteiger partial charge in [0.15, 0.2) is 11.5 Å². The van der Waals surface area contributed by atoms with Crippen molar-refractivity contribution in [1.82, 2.24) is 9.97 Å². The Labute approximate surface area is 127 Å². The standard InChI is InChI=1S/C17H22N2O2.H2/c1-10(2)16-18-8-13(19-16)11-6-7-12(17(3,4)5)15-14(11)20-9-21-15;/h6-8,10H,9H2,1-5H3,(H,18,19);1H. The molecular formula is C17H24N2O2. The summed E-state index contributed by atoms with van der Waals surface area (Å²) in [5, 5.41) is 0. The Morgan fingerprint density at radius 1 is 1.19 bits per heavy atom. The van der Waals surface area contributed by atoms with Crippen molar-refractivity contribution < 1.29 is 10.9 Å². The second kappa shape index (κ2) is 4.79. The highest BCUT2D eigenvalue weighted by atomic mass is 16.7. The van der Waals surface area contributed by atoms with Gasteiger partial charge in [0.2, 0.25) is 6.79 Å². The fourth-order valence-corrected chi connectivity index (χ4v) is 2.57. The van der Waals surface area contributed by atoms with Crippen LogP contribution in [-0.2, 0) is 5.41 Å². The minimum Gasteiger partial charge on any atom is -0.453 e. The van der Waals surface area contributed by atoms with Crippen LogP contribution in [-0.4, -0.2) is 16.8 Å². The zero-order chi connectivity index (χ0) is 15.2. The van der Waals surface area contributed by atoms with Gasteiger partial charge in [-0.25, -0.2) is 4.98 Å². The molecule has 4 nitrogen and oxygen atoms in total. The minimum atomic E-state index is 0. The highest BCUT2D eigenvalue weighted by Gasteiger charge is 2.28. The second-order valence-corrected chi connectivity index (χ2v) is 6.81. The summed E-state index contributed by atoms with van der Waals surface area (Å²) >= 11 is 0. The first-order chi connectivity index (χ1) is 9.88. The van der Waals surface area contributed by atoms with E-state index in [2.05, 4.69) is 56.7 Å². The predicted octanol–water partition coefficient (Wildman–Crippen LogP) is 4.47. The monoisotopic (exact) mass is 288 g/mol. The number of hydrogen-bond donors (Lipinski definition) is 1. The van der Waals surface area contributed by atoms with Crippen LogP contribution in [0.1, 0.15) is 53.4 Å². The number of H-pyrrole nitrogens is 1. The molecular weight excluding hydrogens is 264 g/mol. The molecule has 4 heteroatoms. The summed E-state index contributed by atoms with van der Waals surface area (Å²) in [7, 11) is 0. The van der Waals surface area contributed by atoms with Crippen LogP contribution < -0.4 is 9.47 Å². The molecule has 0 aliphatic carbocycles. The average molecular weight is 288 g/mol. The molecule has 2 heterocycles. The zero-order valence-corrected chi connectivity index (χ0v) is 13.3. The smallest absolute Gasteiger partial charge is 0.231 e. The van der Waals surface area contributed by atoms with Gasteiger partial charge in [-0.05, 0) is 11.5 Å². The lowest BCUT2D eigenvalue weighted by molar-refractivity contribution is 0.172. The first-order valence-corrected chi connectivity index (χ1v) is 7.36. The number of ether oxygens (including phenoxy) is 2. The van der Waals surface area contributed by atoms with E-state index in [4.69, 9.17) is 9.47 Å².